The Labute approximate surface area is 179 Å². The molecule has 1 heterocycles. The molecule has 0 aliphatic carbocycles. The third kappa shape index (κ3) is 4.16. The number of allylic oxidation sites excluding steroid dienone is 1. The number of aryl methyl sites for hydroxylation is 2. The fraction of sp³-hybridized carbons (Fsp3) is 0.308. The second-order valence-electron chi connectivity index (χ2n) is 8.42. The van der Waals surface area contributed by atoms with Crippen LogP contribution in [0.15, 0.2) is 48.0 Å². The van der Waals surface area contributed by atoms with Crippen molar-refractivity contribution in [1.82, 2.24) is 0 Å². The van der Waals surface area contributed by atoms with Crippen molar-refractivity contribution >= 4 is 28.9 Å². The highest BCUT2D eigenvalue weighted by atomic mass is 16.1. The summed E-state index contributed by atoms with van der Waals surface area (Å²) in [4.78, 5) is 15.0. The lowest BCUT2D eigenvalue weighted by molar-refractivity contribution is -0.112. The van der Waals surface area contributed by atoms with Crippen LogP contribution in [0.5, 0.6) is 0 Å². The van der Waals surface area contributed by atoms with E-state index in [1.165, 1.54) is 11.3 Å². The highest BCUT2D eigenvalue weighted by molar-refractivity contribution is 6.09. The summed E-state index contributed by atoms with van der Waals surface area (Å²) in [6, 6.07) is 13.9. The molecule has 154 valence electrons. The van der Waals surface area contributed by atoms with Crippen molar-refractivity contribution in [3.8, 4) is 6.07 Å². The first-order chi connectivity index (χ1) is 14.2. The van der Waals surface area contributed by atoms with Gasteiger partial charge in [-0.3, -0.25) is 4.79 Å². The zero-order chi connectivity index (χ0) is 22.1. The van der Waals surface area contributed by atoms with Crippen LogP contribution in [0, 0.1) is 25.2 Å². The maximum absolute atomic E-state index is 12.7. The van der Waals surface area contributed by atoms with Crippen molar-refractivity contribution < 1.29 is 4.79 Å². The van der Waals surface area contributed by atoms with Gasteiger partial charge >= 0.3 is 0 Å². The number of nitriles is 1. The summed E-state index contributed by atoms with van der Waals surface area (Å²) in [6.07, 6.45) is 3.92. The second kappa shape index (κ2) is 8.20. The summed E-state index contributed by atoms with van der Waals surface area (Å²) in [6.45, 7) is 13.6. The number of rotatable bonds is 4. The first-order valence-corrected chi connectivity index (χ1v) is 10.3. The zero-order valence-corrected chi connectivity index (χ0v) is 18.6. The number of anilines is 2. The molecule has 0 unspecified atom stereocenters. The lowest BCUT2D eigenvalue weighted by Crippen LogP contribution is -2.44. The van der Waals surface area contributed by atoms with Gasteiger partial charge in [0.05, 0.1) is 5.54 Å². The third-order valence-corrected chi connectivity index (χ3v) is 5.76. The zero-order valence-electron chi connectivity index (χ0n) is 18.6. The number of hydrogen-bond acceptors (Lipinski definition) is 3. The standard InChI is InChI=1S/C26H29N3O/c1-7-29-24-11-9-20(14-23(24)19(4)15-26(29,5)6)13-21(16-27)25(30)28-22-10-8-17(2)18(3)12-22/h8-15H,7H2,1-6H3,(H,28,30)/b21-13-. The van der Waals surface area contributed by atoms with E-state index in [-0.39, 0.29) is 11.1 Å². The van der Waals surface area contributed by atoms with Gasteiger partial charge in [0.15, 0.2) is 0 Å². The molecule has 0 spiro atoms. The summed E-state index contributed by atoms with van der Waals surface area (Å²) in [7, 11) is 0. The van der Waals surface area contributed by atoms with E-state index in [0.717, 1.165) is 28.8 Å². The minimum Gasteiger partial charge on any atom is -0.363 e. The fourth-order valence-corrected chi connectivity index (χ4v) is 4.10. The molecule has 1 aliphatic rings. The van der Waals surface area contributed by atoms with Crippen molar-refractivity contribution in [2.45, 2.75) is 47.1 Å². The van der Waals surface area contributed by atoms with Crippen LogP contribution < -0.4 is 10.2 Å². The number of carbonyl (C=O) groups is 1. The highest BCUT2D eigenvalue weighted by Gasteiger charge is 2.30. The molecule has 1 amide bonds. The van der Waals surface area contributed by atoms with Gasteiger partial charge in [-0.05, 0) is 94.1 Å². The van der Waals surface area contributed by atoms with Gasteiger partial charge in [0.2, 0.25) is 0 Å². The van der Waals surface area contributed by atoms with E-state index in [1.807, 2.05) is 44.2 Å². The normalized spacial score (nSPS) is 15.2. The molecule has 4 heteroatoms. The van der Waals surface area contributed by atoms with Gasteiger partial charge in [-0.25, -0.2) is 0 Å². The van der Waals surface area contributed by atoms with E-state index in [2.05, 4.69) is 56.1 Å². The Morgan fingerprint density at radius 1 is 1.13 bits per heavy atom. The van der Waals surface area contributed by atoms with Gasteiger partial charge in [0.1, 0.15) is 11.6 Å². The van der Waals surface area contributed by atoms with E-state index in [4.69, 9.17) is 0 Å². The molecular formula is C26H29N3O. The van der Waals surface area contributed by atoms with Crippen molar-refractivity contribution in [3.05, 3.63) is 70.3 Å². The van der Waals surface area contributed by atoms with Gasteiger partial charge in [0.25, 0.3) is 5.91 Å². The van der Waals surface area contributed by atoms with Gasteiger partial charge in [-0.1, -0.05) is 18.2 Å². The van der Waals surface area contributed by atoms with Crippen LogP contribution in [-0.4, -0.2) is 18.0 Å². The number of nitrogens with one attached hydrogen (secondary N) is 1. The van der Waals surface area contributed by atoms with Crippen LogP contribution in [0.1, 0.15) is 49.9 Å². The predicted octanol–water partition coefficient (Wildman–Crippen LogP) is 5.87. The van der Waals surface area contributed by atoms with E-state index in [1.54, 1.807) is 6.08 Å². The molecule has 1 aliphatic heterocycles. The summed E-state index contributed by atoms with van der Waals surface area (Å²) in [5.74, 6) is -0.401. The lowest BCUT2D eigenvalue weighted by Gasteiger charge is -2.42. The van der Waals surface area contributed by atoms with Crippen LogP contribution in [0.4, 0.5) is 11.4 Å². The minimum atomic E-state index is -0.401. The van der Waals surface area contributed by atoms with Crippen molar-refractivity contribution in [1.29, 1.82) is 5.26 Å². The van der Waals surface area contributed by atoms with Crippen LogP contribution in [0.3, 0.4) is 0 Å². The van der Waals surface area contributed by atoms with E-state index < -0.39 is 5.91 Å². The Morgan fingerprint density at radius 2 is 1.87 bits per heavy atom. The van der Waals surface area contributed by atoms with Crippen LogP contribution in [0.2, 0.25) is 0 Å². The monoisotopic (exact) mass is 399 g/mol. The summed E-state index contributed by atoms with van der Waals surface area (Å²) in [5.41, 5.74) is 7.33. The number of hydrogen-bond donors (Lipinski definition) is 1. The number of amides is 1. The smallest absolute Gasteiger partial charge is 0.266 e. The van der Waals surface area contributed by atoms with E-state index in [9.17, 15) is 10.1 Å². The number of carbonyl (C=O) groups excluding carboxylic acids is 1. The molecule has 0 saturated carbocycles. The Balaban J connectivity index is 1.91. The molecule has 1 N–H and O–H groups in total. The van der Waals surface area contributed by atoms with Gasteiger partial charge in [-0.15, -0.1) is 0 Å². The molecule has 4 nitrogen and oxygen atoms in total. The first kappa shape index (κ1) is 21.4. The topological polar surface area (TPSA) is 56.1 Å². The average Bonchev–Trinajstić information content (AvgIpc) is 2.68. The quantitative estimate of drug-likeness (QED) is 0.517. The lowest BCUT2D eigenvalue weighted by atomic mass is 9.88. The molecule has 2 aromatic carbocycles. The van der Waals surface area contributed by atoms with E-state index in [0.29, 0.717) is 5.69 Å². The average molecular weight is 400 g/mol. The summed E-state index contributed by atoms with van der Waals surface area (Å²) in [5, 5.41) is 12.4. The van der Waals surface area contributed by atoms with Gasteiger partial charge < -0.3 is 10.2 Å². The second-order valence-corrected chi connectivity index (χ2v) is 8.42. The van der Waals surface area contributed by atoms with Crippen LogP contribution in [-0.2, 0) is 4.79 Å². The van der Waals surface area contributed by atoms with Crippen molar-refractivity contribution in [2.75, 3.05) is 16.8 Å². The summed E-state index contributed by atoms with van der Waals surface area (Å²) >= 11 is 0. The summed E-state index contributed by atoms with van der Waals surface area (Å²) < 4.78 is 0. The fourth-order valence-electron chi connectivity index (χ4n) is 4.10. The van der Waals surface area contributed by atoms with Crippen LogP contribution in [0.25, 0.3) is 11.6 Å². The Bertz CT molecular complexity index is 1100. The van der Waals surface area contributed by atoms with Gasteiger partial charge in [-0.2, -0.15) is 5.26 Å². The molecular weight excluding hydrogens is 370 g/mol. The van der Waals surface area contributed by atoms with E-state index >= 15 is 0 Å². The Kier molecular flexibility index (Phi) is 5.85. The Hall–Kier alpha value is -3.32. The number of fused-ring (bicyclic) bond motifs is 1. The maximum Gasteiger partial charge on any atom is 0.266 e. The maximum atomic E-state index is 12.7. The third-order valence-electron chi connectivity index (χ3n) is 5.76. The molecule has 0 atom stereocenters. The number of benzene rings is 2. The predicted molar refractivity (Wildman–Crippen MR) is 125 cm³/mol. The molecule has 0 bridgehead atoms. The molecule has 0 radical (unpaired) electrons. The molecule has 3 rings (SSSR count). The largest absolute Gasteiger partial charge is 0.363 e. The molecule has 30 heavy (non-hydrogen) atoms. The number of nitrogens with zero attached hydrogens (tertiary/aromatic N) is 2. The molecule has 0 fully saturated rings. The van der Waals surface area contributed by atoms with Crippen molar-refractivity contribution in [3.63, 3.8) is 0 Å². The van der Waals surface area contributed by atoms with Gasteiger partial charge in [0, 0.05) is 23.5 Å². The Morgan fingerprint density at radius 3 is 2.50 bits per heavy atom. The van der Waals surface area contributed by atoms with Crippen LogP contribution >= 0.6 is 0 Å². The molecule has 0 aromatic heterocycles. The van der Waals surface area contributed by atoms with Crippen molar-refractivity contribution in [2.24, 2.45) is 0 Å². The molecule has 2 aromatic rings. The first-order valence-electron chi connectivity index (χ1n) is 10.3. The molecule has 0 saturated heterocycles. The highest BCUT2D eigenvalue weighted by Crippen LogP contribution is 2.39. The number of likely N-dealkylation sites (N-methyl/N-ethyl adjacent to an activating group) is 1. The SMILES string of the molecule is CCN1c2ccc(/C=C(/C#N)C(=O)Nc3ccc(C)c(C)c3)cc2C(C)=CC1(C)C. The minimum absolute atomic E-state index is 0.0486.